The average molecular weight is 390 g/mol. The third-order valence-corrected chi connectivity index (χ3v) is 5.40. The molecular formula is C20H27N3O3S. The van der Waals surface area contributed by atoms with Crippen LogP contribution in [0, 0.1) is 11.8 Å². The monoisotopic (exact) mass is 389 g/mol. The smallest absolute Gasteiger partial charge is 0.315 e. The van der Waals surface area contributed by atoms with E-state index >= 15 is 0 Å². The summed E-state index contributed by atoms with van der Waals surface area (Å²) in [7, 11) is -3.75. The first-order chi connectivity index (χ1) is 12.8. The molecule has 0 radical (unpaired) electrons. The lowest BCUT2D eigenvalue weighted by atomic mass is 9.89. The second-order valence-electron chi connectivity index (χ2n) is 6.95. The molecule has 2 aromatic carbocycles. The third kappa shape index (κ3) is 7.03. The number of benzene rings is 2. The van der Waals surface area contributed by atoms with Crippen molar-refractivity contribution < 1.29 is 13.2 Å². The van der Waals surface area contributed by atoms with E-state index in [0.29, 0.717) is 23.9 Å². The molecule has 1 atom stereocenters. The van der Waals surface area contributed by atoms with Crippen LogP contribution in [0.25, 0.3) is 0 Å². The summed E-state index contributed by atoms with van der Waals surface area (Å²) in [5, 5.41) is 10.8. The number of rotatable bonds is 8. The Bertz CT molecular complexity index is 852. The molecule has 2 rings (SSSR count). The summed E-state index contributed by atoms with van der Waals surface area (Å²) in [6, 6.07) is 16.1. The summed E-state index contributed by atoms with van der Waals surface area (Å²) in [5.74, 6) is 0.751. The van der Waals surface area contributed by atoms with Gasteiger partial charge in [0.2, 0.25) is 10.0 Å². The van der Waals surface area contributed by atoms with Crippen molar-refractivity contribution in [2.45, 2.75) is 31.7 Å². The van der Waals surface area contributed by atoms with Gasteiger partial charge in [0.15, 0.2) is 0 Å². The lowest BCUT2D eigenvalue weighted by Gasteiger charge is -2.21. The minimum absolute atomic E-state index is 0.0324. The van der Waals surface area contributed by atoms with E-state index in [1.54, 1.807) is 12.1 Å². The summed E-state index contributed by atoms with van der Waals surface area (Å²) < 4.78 is 22.8. The summed E-state index contributed by atoms with van der Waals surface area (Å²) in [6.45, 7) is 5.08. The van der Waals surface area contributed by atoms with Crippen LogP contribution in [0.3, 0.4) is 0 Å². The topological polar surface area (TPSA) is 101 Å². The molecule has 0 aliphatic carbocycles. The maximum atomic E-state index is 12.1. The number of amides is 2. The molecule has 0 bridgehead atoms. The van der Waals surface area contributed by atoms with Crippen molar-refractivity contribution in [3.05, 3.63) is 65.7 Å². The quantitative estimate of drug-likeness (QED) is 0.647. The predicted molar refractivity (Wildman–Crippen MR) is 107 cm³/mol. The molecule has 146 valence electrons. The van der Waals surface area contributed by atoms with Crippen LogP contribution in [0.5, 0.6) is 0 Å². The Balaban J connectivity index is 1.86. The molecule has 0 saturated heterocycles. The van der Waals surface area contributed by atoms with E-state index in [1.807, 2.05) is 18.2 Å². The van der Waals surface area contributed by atoms with Crippen molar-refractivity contribution in [2.75, 3.05) is 6.54 Å². The molecule has 0 aliphatic heterocycles. The van der Waals surface area contributed by atoms with Gasteiger partial charge in [-0.15, -0.1) is 0 Å². The van der Waals surface area contributed by atoms with E-state index in [2.05, 4.69) is 36.6 Å². The number of nitrogens with one attached hydrogen (secondary N) is 2. The molecule has 0 aliphatic rings. The Labute approximate surface area is 161 Å². The van der Waals surface area contributed by atoms with Crippen molar-refractivity contribution in [3.8, 4) is 0 Å². The number of nitrogens with two attached hydrogens (primary N) is 1. The number of hydrogen-bond acceptors (Lipinski definition) is 3. The first kappa shape index (κ1) is 20.9. The van der Waals surface area contributed by atoms with Gasteiger partial charge < -0.3 is 10.6 Å². The van der Waals surface area contributed by atoms with Gasteiger partial charge in [-0.25, -0.2) is 18.4 Å². The molecule has 0 heterocycles. The first-order valence-corrected chi connectivity index (χ1v) is 10.5. The maximum absolute atomic E-state index is 12.1. The second kappa shape index (κ2) is 9.53. The van der Waals surface area contributed by atoms with Gasteiger partial charge >= 0.3 is 6.03 Å². The van der Waals surface area contributed by atoms with E-state index in [1.165, 1.54) is 17.7 Å². The van der Waals surface area contributed by atoms with Crippen LogP contribution in [-0.4, -0.2) is 21.0 Å². The van der Waals surface area contributed by atoms with Crippen LogP contribution in [0.2, 0.25) is 0 Å². The molecule has 0 saturated carbocycles. The standard InChI is InChI=1S/C20H27N3O3S/c1-15(2)18(11-16-7-4-3-5-8-16)14-23-20(24)22-13-17-9-6-10-19(12-17)27(21,25)26/h3-10,12,15,18H,11,13-14H2,1-2H3,(H2,21,25,26)(H2,22,23,24)/t18-/m0/s1. The highest BCUT2D eigenvalue weighted by molar-refractivity contribution is 7.89. The highest BCUT2D eigenvalue weighted by Gasteiger charge is 2.15. The lowest BCUT2D eigenvalue weighted by molar-refractivity contribution is 0.236. The number of sulfonamides is 1. The van der Waals surface area contributed by atoms with Crippen LogP contribution in [0.4, 0.5) is 4.79 Å². The van der Waals surface area contributed by atoms with Crippen molar-refractivity contribution in [1.29, 1.82) is 0 Å². The maximum Gasteiger partial charge on any atom is 0.315 e. The zero-order chi connectivity index (χ0) is 19.9. The van der Waals surface area contributed by atoms with Gasteiger partial charge in [-0.3, -0.25) is 0 Å². The number of hydrogen-bond donors (Lipinski definition) is 3. The lowest BCUT2D eigenvalue weighted by Crippen LogP contribution is -2.39. The first-order valence-electron chi connectivity index (χ1n) is 8.93. The summed E-state index contributed by atoms with van der Waals surface area (Å²) in [6.07, 6.45) is 0.898. The normalized spacial score (nSPS) is 12.6. The molecule has 6 nitrogen and oxygen atoms in total. The minimum Gasteiger partial charge on any atom is -0.338 e. The van der Waals surface area contributed by atoms with Crippen LogP contribution >= 0.6 is 0 Å². The van der Waals surface area contributed by atoms with Crippen molar-refractivity contribution in [3.63, 3.8) is 0 Å². The summed E-state index contributed by atoms with van der Waals surface area (Å²) >= 11 is 0. The molecule has 27 heavy (non-hydrogen) atoms. The van der Waals surface area contributed by atoms with Gasteiger partial charge in [0.1, 0.15) is 0 Å². The predicted octanol–water partition coefficient (Wildman–Crippen LogP) is 2.65. The van der Waals surface area contributed by atoms with Crippen molar-refractivity contribution in [1.82, 2.24) is 10.6 Å². The van der Waals surface area contributed by atoms with Gasteiger partial charge in [-0.1, -0.05) is 56.3 Å². The molecule has 7 heteroatoms. The number of urea groups is 1. The minimum atomic E-state index is -3.75. The van der Waals surface area contributed by atoms with Crippen LogP contribution < -0.4 is 15.8 Å². The van der Waals surface area contributed by atoms with Crippen molar-refractivity contribution >= 4 is 16.1 Å². The van der Waals surface area contributed by atoms with Gasteiger partial charge in [-0.2, -0.15) is 0 Å². The van der Waals surface area contributed by atoms with Gasteiger partial charge in [0, 0.05) is 13.1 Å². The van der Waals surface area contributed by atoms with E-state index in [-0.39, 0.29) is 17.5 Å². The number of carbonyl (C=O) groups excluding carboxylic acids is 1. The fourth-order valence-corrected chi connectivity index (χ4v) is 3.35. The molecule has 0 unspecified atom stereocenters. The molecule has 0 aromatic heterocycles. The SMILES string of the molecule is CC(C)[C@H](CNC(=O)NCc1cccc(S(N)(=O)=O)c1)Cc1ccccc1. The van der Waals surface area contributed by atoms with Gasteiger partial charge in [0.05, 0.1) is 4.90 Å². The fourth-order valence-electron chi connectivity index (χ4n) is 2.76. The van der Waals surface area contributed by atoms with Gasteiger partial charge in [-0.05, 0) is 41.5 Å². The molecular weight excluding hydrogens is 362 g/mol. The third-order valence-electron chi connectivity index (χ3n) is 4.49. The highest BCUT2D eigenvalue weighted by Crippen LogP contribution is 2.16. The molecule has 4 N–H and O–H groups in total. The van der Waals surface area contributed by atoms with Crippen LogP contribution in [0.1, 0.15) is 25.0 Å². The largest absolute Gasteiger partial charge is 0.338 e. The number of carbonyl (C=O) groups is 1. The highest BCUT2D eigenvalue weighted by atomic mass is 32.2. The zero-order valence-electron chi connectivity index (χ0n) is 15.7. The zero-order valence-corrected chi connectivity index (χ0v) is 16.5. The van der Waals surface area contributed by atoms with Gasteiger partial charge in [0.25, 0.3) is 0 Å². The summed E-state index contributed by atoms with van der Waals surface area (Å²) in [5.41, 5.74) is 1.92. The Kier molecular flexibility index (Phi) is 7.38. The van der Waals surface area contributed by atoms with Crippen LogP contribution in [-0.2, 0) is 23.0 Å². The Morgan fingerprint density at radius 3 is 2.30 bits per heavy atom. The molecule has 0 spiro atoms. The Morgan fingerprint density at radius 2 is 1.67 bits per heavy atom. The van der Waals surface area contributed by atoms with E-state index in [9.17, 15) is 13.2 Å². The Morgan fingerprint density at radius 1 is 1.00 bits per heavy atom. The number of primary sulfonamides is 1. The van der Waals surface area contributed by atoms with E-state index in [0.717, 1.165) is 6.42 Å². The molecule has 2 amide bonds. The van der Waals surface area contributed by atoms with E-state index in [4.69, 9.17) is 5.14 Å². The van der Waals surface area contributed by atoms with Crippen LogP contribution in [0.15, 0.2) is 59.5 Å². The second-order valence-corrected chi connectivity index (χ2v) is 8.51. The van der Waals surface area contributed by atoms with Crippen molar-refractivity contribution in [2.24, 2.45) is 17.0 Å². The average Bonchev–Trinajstić information content (AvgIpc) is 2.63. The summed E-state index contributed by atoms with van der Waals surface area (Å²) in [4.78, 5) is 12.1. The van der Waals surface area contributed by atoms with E-state index < -0.39 is 10.0 Å². The fraction of sp³-hybridized carbons (Fsp3) is 0.350. The Hall–Kier alpha value is -2.38. The molecule has 2 aromatic rings. The molecule has 0 fully saturated rings.